The molecule has 1 rings (SSSR count). The number of hydrogen-bond acceptors (Lipinski definition) is 4. The van der Waals surface area contributed by atoms with Crippen molar-refractivity contribution in [3.63, 3.8) is 0 Å². The molecule has 0 aliphatic rings. The highest BCUT2D eigenvalue weighted by Crippen LogP contribution is 2.18. The van der Waals surface area contributed by atoms with Crippen molar-refractivity contribution in [3.8, 4) is 0 Å². The average Bonchev–Trinajstić information content (AvgIpc) is 2.56. The lowest BCUT2D eigenvalue weighted by Gasteiger charge is -2.20. The van der Waals surface area contributed by atoms with E-state index in [-0.39, 0.29) is 0 Å². The van der Waals surface area contributed by atoms with Gasteiger partial charge in [0.1, 0.15) is 0 Å². The Bertz CT molecular complexity index is 532. The van der Waals surface area contributed by atoms with Gasteiger partial charge in [0.25, 0.3) is 6.29 Å². The van der Waals surface area contributed by atoms with Crippen molar-refractivity contribution in [2.75, 3.05) is 0 Å². The van der Waals surface area contributed by atoms with Crippen LogP contribution in [-0.4, -0.2) is 18.2 Å². The molecule has 0 heterocycles. The van der Waals surface area contributed by atoms with Gasteiger partial charge in [-0.05, 0) is 18.4 Å². The third-order valence-corrected chi connectivity index (χ3v) is 3.81. The van der Waals surface area contributed by atoms with E-state index in [9.17, 15) is 9.59 Å². The SMILES string of the molecule is CCCCCCC/C=C(\Cc1ccccc1)C(OC(C)=O)OC(C)=O. The highest BCUT2D eigenvalue weighted by molar-refractivity contribution is 5.68. The molecule has 0 aromatic heterocycles. The lowest BCUT2D eigenvalue weighted by atomic mass is 10.0. The van der Waals surface area contributed by atoms with Crippen LogP contribution in [0, 0.1) is 0 Å². The van der Waals surface area contributed by atoms with Crippen LogP contribution in [0.25, 0.3) is 0 Å². The molecule has 0 spiro atoms. The molecule has 0 atom stereocenters. The molecule has 0 fully saturated rings. The predicted octanol–water partition coefficient (Wildman–Crippen LogP) is 4.97. The van der Waals surface area contributed by atoms with Gasteiger partial charge in [0.15, 0.2) is 0 Å². The van der Waals surface area contributed by atoms with E-state index in [1.807, 2.05) is 30.3 Å². The van der Waals surface area contributed by atoms with Crippen molar-refractivity contribution >= 4 is 11.9 Å². The maximum absolute atomic E-state index is 11.4. The number of rotatable bonds is 11. The fourth-order valence-corrected chi connectivity index (χ4v) is 2.60. The van der Waals surface area contributed by atoms with Crippen LogP contribution in [0.4, 0.5) is 0 Å². The monoisotopic (exact) mass is 346 g/mol. The molecule has 0 N–H and O–H groups in total. The van der Waals surface area contributed by atoms with Gasteiger partial charge in [0.2, 0.25) is 0 Å². The van der Waals surface area contributed by atoms with Gasteiger partial charge in [-0.25, -0.2) is 0 Å². The summed E-state index contributed by atoms with van der Waals surface area (Å²) in [7, 11) is 0. The molecule has 0 aliphatic heterocycles. The number of carbonyl (C=O) groups excluding carboxylic acids is 2. The minimum atomic E-state index is -0.953. The summed E-state index contributed by atoms with van der Waals surface area (Å²) < 4.78 is 10.5. The second-order valence-corrected chi connectivity index (χ2v) is 6.20. The fraction of sp³-hybridized carbons (Fsp3) is 0.524. The van der Waals surface area contributed by atoms with Gasteiger partial charge in [0.05, 0.1) is 0 Å². The van der Waals surface area contributed by atoms with Crippen LogP contribution in [0.3, 0.4) is 0 Å². The molecule has 0 radical (unpaired) electrons. The van der Waals surface area contributed by atoms with Gasteiger partial charge in [0, 0.05) is 25.8 Å². The molecule has 1 aromatic rings. The molecule has 0 bridgehead atoms. The molecule has 0 unspecified atom stereocenters. The first-order valence-electron chi connectivity index (χ1n) is 9.10. The minimum Gasteiger partial charge on any atom is -0.421 e. The first-order valence-corrected chi connectivity index (χ1v) is 9.10. The zero-order valence-corrected chi connectivity index (χ0v) is 15.6. The fourth-order valence-electron chi connectivity index (χ4n) is 2.60. The maximum Gasteiger partial charge on any atom is 0.305 e. The summed E-state index contributed by atoms with van der Waals surface area (Å²) in [6, 6.07) is 9.90. The molecule has 4 nitrogen and oxygen atoms in total. The number of benzene rings is 1. The van der Waals surface area contributed by atoms with Crippen LogP contribution in [0.1, 0.15) is 64.9 Å². The molecular formula is C21H30O4. The summed E-state index contributed by atoms with van der Waals surface area (Å²) in [6.45, 7) is 4.84. The lowest BCUT2D eigenvalue weighted by molar-refractivity contribution is -0.178. The first-order chi connectivity index (χ1) is 12.0. The van der Waals surface area contributed by atoms with E-state index in [0.29, 0.717) is 6.42 Å². The Hall–Kier alpha value is -2.10. The van der Waals surface area contributed by atoms with E-state index < -0.39 is 18.2 Å². The van der Waals surface area contributed by atoms with Crippen LogP contribution >= 0.6 is 0 Å². The van der Waals surface area contributed by atoms with E-state index in [0.717, 1.165) is 24.0 Å². The third kappa shape index (κ3) is 9.70. The largest absolute Gasteiger partial charge is 0.421 e. The van der Waals surface area contributed by atoms with E-state index >= 15 is 0 Å². The molecule has 138 valence electrons. The topological polar surface area (TPSA) is 52.6 Å². The number of ether oxygens (including phenoxy) is 2. The van der Waals surface area contributed by atoms with Gasteiger partial charge < -0.3 is 9.47 Å². The molecule has 0 saturated heterocycles. The number of esters is 2. The number of unbranched alkanes of at least 4 members (excludes halogenated alkanes) is 5. The zero-order valence-electron chi connectivity index (χ0n) is 15.6. The Kier molecular flexibility index (Phi) is 10.3. The Labute approximate surface area is 151 Å². The van der Waals surface area contributed by atoms with E-state index in [1.54, 1.807) is 0 Å². The second kappa shape index (κ2) is 12.3. The third-order valence-electron chi connectivity index (χ3n) is 3.81. The smallest absolute Gasteiger partial charge is 0.305 e. The molecule has 25 heavy (non-hydrogen) atoms. The van der Waals surface area contributed by atoms with Gasteiger partial charge >= 0.3 is 11.9 Å². The van der Waals surface area contributed by atoms with Gasteiger partial charge in [-0.3, -0.25) is 9.59 Å². The number of hydrogen-bond donors (Lipinski definition) is 0. The summed E-state index contributed by atoms with van der Waals surface area (Å²) in [5.74, 6) is -0.929. The molecule has 0 saturated carbocycles. The van der Waals surface area contributed by atoms with Crippen molar-refractivity contribution in [2.45, 2.75) is 72.0 Å². The summed E-state index contributed by atoms with van der Waals surface area (Å²) in [6.07, 6.45) is 8.52. The number of allylic oxidation sites excluding steroid dienone is 1. The average molecular weight is 346 g/mol. The molecular weight excluding hydrogens is 316 g/mol. The summed E-state index contributed by atoms with van der Waals surface area (Å²) in [5, 5.41) is 0. The van der Waals surface area contributed by atoms with Gasteiger partial charge in [-0.1, -0.05) is 69.0 Å². The van der Waals surface area contributed by atoms with E-state index in [2.05, 4.69) is 13.0 Å². The van der Waals surface area contributed by atoms with Gasteiger partial charge in [-0.15, -0.1) is 0 Å². The standard InChI is InChI=1S/C21H30O4/c1-4-5-6-7-8-12-15-20(16-19-13-10-9-11-14-19)21(24-17(2)22)25-18(3)23/h9-11,13-15,21H,4-8,12,16H2,1-3H3/b20-15+. The van der Waals surface area contributed by atoms with E-state index in [1.165, 1.54) is 39.5 Å². The minimum absolute atomic E-state index is 0.465. The Balaban J connectivity index is 2.82. The van der Waals surface area contributed by atoms with Crippen molar-refractivity contribution in [2.24, 2.45) is 0 Å². The Morgan fingerprint density at radius 3 is 2.12 bits per heavy atom. The zero-order chi connectivity index (χ0) is 18.5. The Morgan fingerprint density at radius 1 is 0.960 bits per heavy atom. The van der Waals surface area contributed by atoms with Crippen LogP contribution in [0.15, 0.2) is 42.0 Å². The van der Waals surface area contributed by atoms with Gasteiger partial charge in [-0.2, -0.15) is 0 Å². The second-order valence-electron chi connectivity index (χ2n) is 6.20. The maximum atomic E-state index is 11.4. The summed E-state index contributed by atoms with van der Waals surface area (Å²) >= 11 is 0. The Morgan fingerprint density at radius 2 is 1.56 bits per heavy atom. The quantitative estimate of drug-likeness (QED) is 0.246. The summed E-state index contributed by atoms with van der Waals surface area (Å²) in [5.41, 5.74) is 1.90. The highest BCUT2D eigenvalue weighted by Gasteiger charge is 2.21. The molecule has 0 amide bonds. The van der Waals surface area contributed by atoms with Crippen LogP contribution in [0.5, 0.6) is 0 Å². The first kappa shape index (κ1) is 20.9. The molecule has 4 heteroatoms. The van der Waals surface area contributed by atoms with Crippen molar-refractivity contribution in [1.29, 1.82) is 0 Å². The normalized spacial score (nSPS) is 11.4. The van der Waals surface area contributed by atoms with Crippen LogP contribution < -0.4 is 0 Å². The lowest BCUT2D eigenvalue weighted by Crippen LogP contribution is -2.25. The summed E-state index contributed by atoms with van der Waals surface area (Å²) in [4.78, 5) is 22.8. The molecule has 0 aliphatic carbocycles. The highest BCUT2D eigenvalue weighted by atomic mass is 16.7. The predicted molar refractivity (Wildman–Crippen MR) is 98.9 cm³/mol. The van der Waals surface area contributed by atoms with Crippen LogP contribution in [0.2, 0.25) is 0 Å². The van der Waals surface area contributed by atoms with Crippen molar-refractivity contribution < 1.29 is 19.1 Å². The number of carbonyl (C=O) groups is 2. The van der Waals surface area contributed by atoms with Crippen molar-refractivity contribution in [1.82, 2.24) is 0 Å². The van der Waals surface area contributed by atoms with E-state index in [4.69, 9.17) is 9.47 Å². The van der Waals surface area contributed by atoms with Crippen molar-refractivity contribution in [3.05, 3.63) is 47.5 Å². The molecule has 1 aromatic carbocycles. The van der Waals surface area contributed by atoms with Crippen LogP contribution in [-0.2, 0) is 25.5 Å².